The molecule has 112 valence electrons. The number of halogens is 4. The van der Waals surface area contributed by atoms with Crippen LogP contribution in [0.4, 0.5) is 18.9 Å². The Labute approximate surface area is 124 Å². The summed E-state index contributed by atoms with van der Waals surface area (Å²) < 4.78 is 38.3. The largest absolute Gasteiger partial charge is 0.403 e. The average Bonchev–Trinajstić information content (AvgIpc) is 2.86. The Morgan fingerprint density at radius 3 is 2.48 bits per heavy atom. The molecule has 0 aliphatic heterocycles. The number of alkyl halides is 4. The highest BCUT2D eigenvalue weighted by molar-refractivity contribution is 9.09. The first-order valence-corrected chi connectivity index (χ1v) is 6.54. The van der Waals surface area contributed by atoms with Crippen LogP contribution >= 0.6 is 15.9 Å². The number of benzene rings is 1. The van der Waals surface area contributed by atoms with Gasteiger partial charge in [0, 0.05) is 17.7 Å². The molecule has 2 rings (SSSR count). The Morgan fingerprint density at radius 2 is 1.95 bits per heavy atom. The van der Waals surface area contributed by atoms with E-state index in [1.807, 2.05) is 0 Å². The molecule has 0 fully saturated rings. The van der Waals surface area contributed by atoms with Gasteiger partial charge in [0.2, 0.25) is 0 Å². The number of rotatable bonds is 4. The van der Waals surface area contributed by atoms with Crippen LogP contribution in [-0.2, 0) is 6.54 Å². The van der Waals surface area contributed by atoms with E-state index in [2.05, 4.69) is 26.0 Å². The van der Waals surface area contributed by atoms with Crippen LogP contribution in [0.5, 0.6) is 0 Å². The molecule has 0 bridgehead atoms. The molecule has 1 atom stereocenters. The zero-order valence-electron chi connectivity index (χ0n) is 10.3. The average molecular weight is 365 g/mol. The second-order valence-corrected chi connectivity index (χ2v) is 5.21. The van der Waals surface area contributed by atoms with Crippen LogP contribution < -0.4 is 0 Å². The van der Waals surface area contributed by atoms with Crippen molar-refractivity contribution in [3.8, 4) is 11.4 Å². The molecule has 0 N–H and O–H groups in total. The van der Waals surface area contributed by atoms with Gasteiger partial charge in [0.1, 0.15) is 11.2 Å². The zero-order chi connectivity index (χ0) is 15.6. The van der Waals surface area contributed by atoms with Crippen molar-refractivity contribution in [1.82, 2.24) is 14.8 Å². The van der Waals surface area contributed by atoms with Crippen LogP contribution in [0.3, 0.4) is 0 Å². The van der Waals surface area contributed by atoms with Gasteiger partial charge in [-0.2, -0.15) is 18.3 Å². The lowest BCUT2D eigenvalue weighted by atomic mass is 10.2. The molecule has 21 heavy (non-hydrogen) atoms. The van der Waals surface area contributed by atoms with Gasteiger partial charge in [-0.15, -0.1) is 0 Å². The lowest BCUT2D eigenvalue weighted by Gasteiger charge is -2.12. The molecule has 0 saturated carbocycles. The van der Waals surface area contributed by atoms with Crippen molar-refractivity contribution < 1.29 is 18.1 Å². The quantitative estimate of drug-likeness (QED) is 0.474. The van der Waals surface area contributed by atoms with Crippen molar-refractivity contribution in [2.45, 2.75) is 17.5 Å². The molecule has 0 aliphatic rings. The number of hydrogen-bond donors (Lipinski definition) is 0. The van der Waals surface area contributed by atoms with E-state index in [1.165, 1.54) is 30.6 Å². The summed E-state index contributed by atoms with van der Waals surface area (Å²) in [5.41, 5.74) is 0.397. The van der Waals surface area contributed by atoms with Crippen molar-refractivity contribution >= 4 is 21.6 Å². The van der Waals surface area contributed by atoms with Crippen molar-refractivity contribution in [3.63, 3.8) is 0 Å². The second-order valence-electron chi connectivity index (χ2n) is 4.10. The van der Waals surface area contributed by atoms with Gasteiger partial charge in [0.25, 0.3) is 5.69 Å². The minimum atomic E-state index is -4.38. The number of nitrogens with zero attached hydrogens (tertiary/aromatic N) is 4. The molecule has 0 radical (unpaired) electrons. The van der Waals surface area contributed by atoms with Crippen LogP contribution in [0.1, 0.15) is 0 Å². The topological polar surface area (TPSA) is 73.8 Å². The summed E-state index contributed by atoms with van der Waals surface area (Å²) in [6.45, 7) is -0.413. The summed E-state index contributed by atoms with van der Waals surface area (Å²) in [5.74, 6) is 0.201. The zero-order valence-corrected chi connectivity index (χ0v) is 11.9. The number of hydrogen-bond acceptors (Lipinski definition) is 4. The van der Waals surface area contributed by atoms with Gasteiger partial charge in [-0.3, -0.25) is 14.8 Å². The molecule has 1 unspecified atom stereocenters. The van der Waals surface area contributed by atoms with Crippen molar-refractivity contribution in [1.29, 1.82) is 0 Å². The molecular formula is C11H8BrF3N4O2. The third kappa shape index (κ3) is 3.78. The number of nitro benzene ring substituents is 1. The van der Waals surface area contributed by atoms with E-state index < -0.39 is 22.5 Å². The van der Waals surface area contributed by atoms with E-state index in [0.717, 1.165) is 4.68 Å². The molecule has 0 amide bonds. The lowest BCUT2D eigenvalue weighted by molar-refractivity contribution is -0.384. The van der Waals surface area contributed by atoms with Crippen LogP contribution in [-0.4, -0.2) is 30.7 Å². The van der Waals surface area contributed by atoms with E-state index >= 15 is 0 Å². The summed E-state index contributed by atoms with van der Waals surface area (Å²) in [6.07, 6.45) is -3.20. The Kier molecular flexibility index (Phi) is 4.26. The minimum absolute atomic E-state index is 0.0872. The van der Waals surface area contributed by atoms with E-state index in [-0.39, 0.29) is 11.5 Å². The monoisotopic (exact) mass is 364 g/mol. The first-order valence-electron chi connectivity index (χ1n) is 5.62. The third-order valence-corrected chi connectivity index (χ3v) is 3.38. The van der Waals surface area contributed by atoms with E-state index in [9.17, 15) is 23.3 Å². The van der Waals surface area contributed by atoms with Gasteiger partial charge in [-0.25, -0.2) is 4.98 Å². The fourth-order valence-electron chi connectivity index (χ4n) is 1.51. The number of aromatic nitrogens is 3. The SMILES string of the molecule is O=[N+]([O-])c1ccc(-c2ncn(CC(Br)C(F)(F)F)n2)cc1. The molecule has 1 aromatic carbocycles. The van der Waals surface area contributed by atoms with Gasteiger partial charge in [-0.1, -0.05) is 15.9 Å². The van der Waals surface area contributed by atoms with Gasteiger partial charge < -0.3 is 0 Å². The number of nitro groups is 1. The van der Waals surface area contributed by atoms with Crippen molar-refractivity contribution in [3.05, 3.63) is 40.7 Å². The first-order chi connectivity index (χ1) is 9.77. The minimum Gasteiger partial charge on any atom is -0.258 e. The molecular weight excluding hydrogens is 357 g/mol. The molecule has 1 aromatic heterocycles. The summed E-state index contributed by atoms with van der Waals surface area (Å²) in [7, 11) is 0. The molecule has 2 aromatic rings. The molecule has 0 saturated heterocycles. The summed E-state index contributed by atoms with van der Waals surface area (Å²) in [5, 5.41) is 14.4. The number of non-ortho nitro benzene ring substituents is 1. The fourth-order valence-corrected chi connectivity index (χ4v) is 1.81. The van der Waals surface area contributed by atoms with Crippen LogP contribution in [0.25, 0.3) is 11.4 Å². The highest BCUT2D eigenvalue weighted by atomic mass is 79.9. The van der Waals surface area contributed by atoms with Gasteiger partial charge in [-0.05, 0) is 12.1 Å². The Bertz CT molecular complexity index is 642. The van der Waals surface area contributed by atoms with E-state index in [0.29, 0.717) is 5.56 Å². The lowest BCUT2D eigenvalue weighted by Crippen LogP contribution is -2.27. The van der Waals surface area contributed by atoms with E-state index in [1.54, 1.807) is 0 Å². The molecule has 0 aliphatic carbocycles. The fraction of sp³-hybridized carbons (Fsp3) is 0.273. The molecule has 6 nitrogen and oxygen atoms in total. The Morgan fingerprint density at radius 1 is 1.33 bits per heavy atom. The smallest absolute Gasteiger partial charge is 0.258 e. The summed E-state index contributed by atoms with van der Waals surface area (Å²) in [6, 6.07) is 5.43. The maximum Gasteiger partial charge on any atom is 0.403 e. The third-order valence-electron chi connectivity index (χ3n) is 2.58. The first kappa shape index (κ1) is 15.4. The van der Waals surface area contributed by atoms with Crippen LogP contribution in [0.15, 0.2) is 30.6 Å². The standard InChI is InChI=1S/C11H8BrF3N4O2/c12-9(11(13,14)15)5-18-6-16-10(17-18)7-1-3-8(4-2-7)19(20)21/h1-4,6,9H,5H2. The van der Waals surface area contributed by atoms with Gasteiger partial charge in [0.15, 0.2) is 5.82 Å². The Hall–Kier alpha value is -1.97. The van der Waals surface area contributed by atoms with Gasteiger partial charge in [0.05, 0.1) is 11.5 Å². The summed E-state index contributed by atoms with van der Waals surface area (Å²) in [4.78, 5) is 12.1. The maximum absolute atomic E-state index is 12.4. The van der Waals surface area contributed by atoms with Crippen molar-refractivity contribution in [2.24, 2.45) is 0 Å². The van der Waals surface area contributed by atoms with E-state index in [4.69, 9.17) is 0 Å². The second kappa shape index (κ2) is 5.80. The summed E-state index contributed by atoms with van der Waals surface area (Å²) >= 11 is 2.54. The van der Waals surface area contributed by atoms with Gasteiger partial charge >= 0.3 is 6.18 Å². The van der Waals surface area contributed by atoms with Crippen LogP contribution in [0.2, 0.25) is 0 Å². The maximum atomic E-state index is 12.4. The van der Waals surface area contributed by atoms with Crippen LogP contribution in [0, 0.1) is 10.1 Å². The molecule has 10 heteroatoms. The highest BCUT2D eigenvalue weighted by Crippen LogP contribution is 2.27. The molecule has 0 spiro atoms. The molecule has 1 heterocycles. The predicted molar refractivity (Wildman–Crippen MR) is 70.9 cm³/mol. The normalized spacial score (nSPS) is 13.1. The van der Waals surface area contributed by atoms with Crippen molar-refractivity contribution in [2.75, 3.05) is 0 Å². The highest BCUT2D eigenvalue weighted by Gasteiger charge is 2.38. The Balaban J connectivity index is 2.14. The predicted octanol–water partition coefficient (Wildman–Crippen LogP) is 3.18.